The van der Waals surface area contributed by atoms with Gasteiger partial charge in [0.1, 0.15) is 5.76 Å². The van der Waals surface area contributed by atoms with Gasteiger partial charge in [0.25, 0.3) is 0 Å². The monoisotopic (exact) mass is 366 g/mol. The van der Waals surface area contributed by atoms with Crippen LogP contribution in [0.15, 0.2) is 52.1 Å². The van der Waals surface area contributed by atoms with Gasteiger partial charge in [-0.15, -0.1) is 0 Å². The molecule has 1 aliphatic heterocycles. The molecule has 2 unspecified atom stereocenters. The third-order valence-corrected chi connectivity index (χ3v) is 5.70. The highest BCUT2D eigenvalue weighted by Gasteiger charge is 2.27. The molecule has 27 heavy (non-hydrogen) atoms. The lowest BCUT2D eigenvalue weighted by atomic mass is 9.78. The summed E-state index contributed by atoms with van der Waals surface area (Å²) in [6.07, 6.45) is 5.45. The van der Waals surface area contributed by atoms with E-state index in [2.05, 4.69) is 52.8 Å². The summed E-state index contributed by atoms with van der Waals surface area (Å²) >= 11 is 0. The SMILES string of the molecule is CCNC(=NCC(c1ccco1)N1CCCC1)NCC1Cc2ccccc21. The molecule has 5 heteroatoms. The lowest BCUT2D eigenvalue weighted by Gasteiger charge is -2.31. The Hall–Kier alpha value is -2.27. The maximum Gasteiger partial charge on any atom is 0.191 e. The van der Waals surface area contributed by atoms with Crippen molar-refractivity contribution in [1.29, 1.82) is 0 Å². The summed E-state index contributed by atoms with van der Waals surface area (Å²) in [5, 5.41) is 6.94. The van der Waals surface area contributed by atoms with Gasteiger partial charge < -0.3 is 15.1 Å². The lowest BCUT2D eigenvalue weighted by Crippen LogP contribution is -2.41. The smallest absolute Gasteiger partial charge is 0.191 e. The standard InChI is InChI=1S/C22H30N4O/c1-2-23-22(24-15-18-14-17-8-3-4-9-19(17)18)25-16-20(21-10-7-13-27-21)26-11-5-6-12-26/h3-4,7-10,13,18,20H,2,5-6,11-12,14-16H2,1H3,(H2,23,24,25). The molecule has 0 spiro atoms. The van der Waals surface area contributed by atoms with E-state index < -0.39 is 0 Å². The van der Waals surface area contributed by atoms with Gasteiger partial charge in [-0.2, -0.15) is 0 Å². The molecule has 0 radical (unpaired) electrons. The molecule has 1 saturated heterocycles. The molecule has 2 aromatic rings. The molecular formula is C22H30N4O. The number of furan rings is 1. The number of rotatable bonds is 7. The van der Waals surface area contributed by atoms with Gasteiger partial charge in [0.05, 0.1) is 18.8 Å². The third kappa shape index (κ3) is 4.19. The molecule has 0 bridgehead atoms. The average molecular weight is 367 g/mol. The highest BCUT2D eigenvalue weighted by atomic mass is 16.3. The van der Waals surface area contributed by atoms with E-state index in [-0.39, 0.29) is 6.04 Å². The molecule has 1 aromatic carbocycles. The highest BCUT2D eigenvalue weighted by Crippen LogP contribution is 2.34. The van der Waals surface area contributed by atoms with E-state index in [9.17, 15) is 0 Å². The first-order valence-electron chi connectivity index (χ1n) is 10.2. The summed E-state index contributed by atoms with van der Waals surface area (Å²) in [5.74, 6) is 2.51. The normalized spacial score (nSPS) is 20.8. The van der Waals surface area contributed by atoms with E-state index in [1.807, 2.05) is 6.07 Å². The van der Waals surface area contributed by atoms with E-state index in [0.717, 1.165) is 44.3 Å². The molecule has 0 amide bonds. The van der Waals surface area contributed by atoms with Crippen molar-refractivity contribution in [3.63, 3.8) is 0 Å². The number of nitrogens with zero attached hydrogens (tertiary/aromatic N) is 2. The van der Waals surface area contributed by atoms with Crippen LogP contribution >= 0.6 is 0 Å². The quantitative estimate of drug-likeness (QED) is 0.583. The number of benzene rings is 1. The zero-order valence-electron chi connectivity index (χ0n) is 16.2. The Morgan fingerprint density at radius 3 is 2.78 bits per heavy atom. The molecule has 144 valence electrons. The first-order chi connectivity index (χ1) is 13.3. The molecule has 2 heterocycles. The first kappa shape index (κ1) is 18.1. The highest BCUT2D eigenvalue weighted by molar-refractivity contribution is 5.79. The molecule has 4 rings (SSSR count). The maximum absolute atomic E-state index is 5.71. The van der Waals surface area contributed by atoms with E-state index in [4.69, 9.17) is 9.41 Å². The predicted octanol–water partition coefficient (Wildman–Crippen LogP) is 3.31. The Morgan fingerprint density at radius 2 is 2.04 bits per heavy atom. The van der Waals surface area contributed by atoms with E-state index in [1.165, 1.54) is 24.0 Å². The van der Waals surface area contributed by atoms with Crippen LogP contribution < -0.4 is 10.6 Å². The van der Waals surface area contributed by atoms with Crippen LogP contribution in [-0.4, -0.2) is 43.6 Å². The van der Waals surface area contributed by atoms with Gasteiger partial charge in [0.15, 0.2) is 5.96 Å². The van der Waals surface area contributed by atoms with Gasteiger partial charge in [-0.25, -0.2) is 0 Å². The van der Waals surface area contributed by atoms with Gasteiger partial charge in [0.2, 0.25) is 0 Å². The second-order valence-corrected chi connectivity index (χ2v) is 7.47. The number of hydrogen-bond acceptors (Lipinski definition) is 3. The molecule has 1 aliphatic carbocycles. The summed E-state index contributed by atoms with van der Waals surface area (Å²) in [5.41, 5.74) is 2.96. The van der Waals surface area contributed by atoms with Gasteiger partial charge in [-0.1, -0.05) is 24.3 Å². The number of nitrogens with one attached hydrogen (secondary N) is 2. The summed E-state index contributed by atoms with van der Waals surface area (Å²) in [7, 11) is 0. The fourth-order valence-electron chi connectivity index (χ4n) is 4.20. The molecule has 5 nitrogen and oxygen atoms in total. The molecule has 2 N–H and O–H groups in total. The molecule has 1 aromatic heterocycles. The number of aliphatic imine (C=N–C) groups is 1. The average Bonchev–Trinajstić information content (AvgIpc) is 3.37. The van der Waals surface area contributed by atoms with E-state index >= 15 is 0 Å². The molecule has 0 saturated carbocycles. The second-order valence-electron chi connectivity index (χ2n) is 7.47. The minimum absolute atomic E-state index is 0.224. The largest absolute Gasteiger partial charge is 0.468 e. The van der Waals surface area contributed by atoms with Gasteiger partial charge in [-0.05, 0) is 62.5 Å². The number of guanidine groups is 1. The van der Waals surface area contributed by atoms with Crippen molar-refractivity contribution in [1.82, 2.24) is 15.5 Å². The van der Waals surface area contributed by atoms with Gasteiger partial charge in [-0.3, -0.25) is 9.89 Å². The van der Waals surface area contributed by atoms with Crippen molar-refractivity contribution in [3.8, 4) is 0 Å². The van der Waals surface area contributed by atoms with E-state index in [0.29, 0.717) is 12.5 Å². The van der Waals surface area contributed by atoms with Crippen LogP contribution in [0.4, 0.5) is 0 Å². The summed E-state index contributed by atoms with van der Waals surface area (Å²) in [4.78, 5) is 7.39. The minimum atomic E-state index is 0.224. The topological polar surface area (TPSA) is 52.8 Å². The Morgan fingerprint density at radius 1 is 1.19 bits per heavy atom. The van der Waals surface area contributed by atoms with Gasteiger partial charge >= 0.3 is 0 Å². The molecule has 2 atom stereocenters. The van der Waals surface area contributed by atoms with Crippen LogP contribution in [0.25, 0.3) is 0 Å². The first-order valence-corrected chi connectivity index (χ1v) is 10.2. The number of likely N-dealkylation sites (tertiary alicyclic amines) is 1. The maximum atomic E-state index is 5.71. The Labute approximate surface area is 161 Å². The Bertz CT molecular complexity index is 749. The fourth-order valence-corrected chi connectivity index (χ4v) is 4.20. The van der Waals surface area contributed by atoms with Crippen molar-refractivity contribution >= 4 is 5.96 Å². The second kappa shape index (κ2) is 8.61. The van der Waals surface area contributed by atoms with Crippen LogP contribution in [0, 0.1) is 0 Å². The third-order valence-electron chi connectivity index (χ3n) is 5.70. The van der Waals surface area contributed by atoms with E-state index in [1.54, 1.807) is 6.26 Å². The minimum Gasteiger partial charge on any atom is -0.468 e. The molecular weight excluding hydrogens is 336 g/mol. The van der Waals surface area contributed by atoms with Gasteiger partial charge in [0, 0.05) is 19.0 Å². The number of fused-ring (bicyclic) bond motifs is 1. The summed E-state index contributed by atoms with van der Waals surface area (Å²) < 4.78 is 5.71. The van der Waals surface area contributed by atoms with Crippen molar-refractivity contribution in [2.75, 3.05) is 32.7 Å². The zero-order valence-corrected chi connectivity index (χ0v) is 16.2. The van der Waals surface area contributed by atoms with Crippen molar-refractivity contribution in [2.45, 2.75) is 38.1 Å². The van der Waals surface area contributed by atoms with Crippen LogP contribution in [-0.2, 0) is 6.42 Å². The van der Waals surface area contributed by atoms with Crippen LogP contribution in [0.3, 0.4) is 0 Å². The Kier molecular flexibility index (Phi) is 5.78. The van der Waals surface area contributed by atoms with Crippen LogP contribution in [0.1, 0.15) is 48.6 Å². The Balaban J connectivity index is 1.39. The van der Waals surface area contributed by atoms with Crippen LogP contribution in [0.2, 0.25) is 0 Å². The van der Waals surface area contributed by atoms with Crippen molar-refractivity contribution in [3.05, 3.63) is 59.5 Å². The molecule has 2 aliphatic rings. The van der Waals surface area contributed by atoms with Crippen molar-refractivity contribution in [2.24, 2.45) is 4.99 Å². The van der Waals surface area contributed by atoms with Crippen LogP contribution in [0.5, 0.6) is 0 Å². The summed E-state index contributed by atoms with van der Waals surface area (Å²) in [6, 6.07) is 13.0. The molecule has 1 fully saturated rings. The predicted molar refractivity (Wildman–Crippen MR) is 109 cm³/mol. The van der Waals surface area contributed by atoms with Crippen molar-refractivity contribution < 1.29 is 4.42 Å². The lowest BCUT2D eigenvalue weighted by molar-refractivity contribution is 0.221. The fraction of sp³-hybridized carbons (Fsp3) is 0.500. The summed E-state index contributed by atoms with van der Waals surface area (Å²) in [6.45, 7) is 6.87. The zero-order chi connectivity index (χ0) is 18.5. The number of hydrogen-bond donors (Lipinski definition) is 2.